The highest BCUT2D eigenvalue weighted by atomic mass is 35.5. The van der Waals surface area contributed by atoms with E-state index in [0.717, 1.165) is 37.5 Å². The Bertz CT molecular complexity index is 664. The Labute approximate surface area is 191 Å². The summed E-state index contributed by atoms with van der Waals surface area (Å²) in [6.07, 6.45) is 2.55. The largest absolute Gasteiger partial charge is 0.378 e. The van der Waals surface area contributed by atoms with Crippen LogP contribution in [0.2, 0.25) is 5.02 Å². The maximum Gasteiger partial charge on any atom is 0.241 e. The fourth-order valence-electron chi connectivity index (χ4n) is 4.22. The maximum absolute atomic E-state index is 12.9. The van der Waals surface area contributed by atoms with E-state index in [4.69, 9.17) is 22.1 Å². The van der Waals surface area contributed by atoms with Crippen molar-refractivity contribution in [1.82, 2.24) is 10.2 Å². The fourth-order valence-corrected chi connectivity index (χ4v) is 4.34. The zero-order chi connectivity index (χ0) is 19.7. The molecule has 1 aromatic rings. The van der Waals surface area contributed by atoms with E-state index in [2.05, 4.69) is 22.3 Å². The number of likely N-dealkylation sites (tertiary alicyclic amines) is 1. The molecule has 29 heavy (non-hydrogen) atoms. The Morgan fingerprint density at radius 2 is 1.83 bits per heavy atom. The second-order valence-electron chi connectivity index (χ2n) is 8.49. The zero-order valence-electron chi connectivity index (χ0n) is 17.4. The third-order valence-corrected chi connectivity index (χ3v) is 6.73. The number of rotatable bonds is 6. The van der Waals surface area contributed by atoms with Crippen LogP contribution in [-0.4, -0.2) is 48.2 Å². The van der Waals surface area contributed by atoms with E-state index in [1.165, 1.54) is 5.56 Å². The van der Waals surface area contributed by atoms with Gasteiger partial charge in [-0.05, 0) is 37.5 Å². The molecule has 1 saturated heterocycles. The van der Waals surface area contributed by atoms with Gasteiger partial charge in [0.25, 0.3) is 0 Å². The standard InChI is InChI=1S/C21H32ClN3O2.2ClH/c1-4-27-18-13-21(23,20(18,2)3)19(26)24-17-9-11-25(12-10-17)14-15-5-7-16(22)8-6-15;;/h5-8,17-18H,4,9-14,23H2,1-3H3,(H,24,26);2*1H. The molecule has 2 aliphatic rings. The topological polar surface area (TPSA) is 67.6 Å². The average Bonchev–Trinajstić information content (AvgIpc) is 2.64. The van der Waals surface area contributed by atoms with Crippen molar-refractivity contribution in [1.29, 1.82) is 0 Å². The number of nitrogens with one attached hydrogen (secondary N) is 1. The average molecular weight is 467 g/mol. The first-order chi connectivity index (χ1) is 12.8. The van der Waals surface area contributed by atoms with Crippen molar-refractivity contribution in [3.05, 3.63) is 34.9 Å². The van der Waals surface area contributed by atoms with Crippen LogP contribution < -0.4 is 11.1 Å². The third kappa shape index (κ3) is 5.57. The zero-order valence-corrected chi connectivity index (χ0v) is 19.8. The maximum atomic E-state index is 12.9. The van der Waals surface area contributed by atoms with Crippen molar-refractivity contribution in [2.24, 2.45) is 11.1 Å². The van der Waals surface area contributed by atoms with Crippen LogP contribution in [0.4, 0.5) is 0 Å². The Morgan fingerprint density at radius 1 is 1.24 bits per heavy atom. The lowest BCUT2D eigenvalue weighted by Crippen LogP contribution is -2.76. The summed E-state index contributed by atoms with van der Waals surface area (Å²) in [7, 11) is 0. The molecule has 2 unspecified atom stereocenters. The monoisotopic (exact) mass is 465 g/mol. The van der Waals surface area contributed by atoms with Gasteiger partial charge in [0.2, 0.25) is 5.91 Å². The number of carbonyl (C=O) groups is 1. The summed E-state index contributed by atoms with van der Waals surface area (Å²) in [5.74, 6) is -0.0281. The molecule has 3 rings (SSSR count). The lowest BCUT2D eigenvalue weighted by atomic mass is 9.54. The molecule has 0 spiro atoms. The Kier molecular flexibility index (Phi) is 9.72. The number of carbonyl (C=O) groups excluding carboxylic acids is 1. The molecule has 0 radical (unpaired) electrons. The first-order valence-electron chi connectivity index (χ1n) is 9.94. The van der Waals surface area contributed by atoms with Crippen LogP contribution in [0.5, 0.6) is 0 Å². The first-order valence-corrected chi connectivity index (χ1v) is 10.3. The van der Waals surface area contributed by atoms with Crippen molar-refractivity contribution in [2.45, 2.75) is 64.3 Å². The van der Waals surface area contributed by atoms with Gasteiger partial charge in [0.05, 0.1) is 6.10 Å². The number of benzene rings is 1. The number of hydrogen-bond donors (Lipinski definition) is 2. The van der Waals surface area contributed by atoms with Gasteiger partial charge in [-0.15, -0.1) is 24.8 Å². The summed E-state index contributed by atoms with van der Waals surface area (Å²) in [6, 6.07) is 8.20. The van der Waals surface area contributed by atoms with Gasteiger partial charge in [0.1, 0.15) is 5.54 Å². The Balaban J connectivity index is 0.00000210. The highest BCUT2D eigenvalue weighted by Crippen LogP contribution is 2.49. The molecule has 1 aliphatic heterocycles. The lowest BCUT2D eigenvalue weighted by molar-refractivity contribution is -0.171. The second-order valence-corrected chi connectivity index (χ2v) is 8.93. The molecule has 1 saturated carbocycles. The molecule has 1 heterocycles. The SMILES string of the molecule is CCOC1CC(N)(C(=O)NC2CCN(Cc3ccc(Cl)cc3)CC2)C1(C)C.Cl.Cl. The van der Waals surface area contributed by atoms with Crippen molar-refractivity contribution in [3.8, 4) is 0 Å². The minimum Gasteiger partial charge on any atom is -0.378 e. The number of hydrogen-bond acceptors (Lipinski definition) is 4. The minimum absolute atomic E-state index is 0. The molecule has 2 fully saturated rings. The molecule has 8 heteroatoms. The van der Waals surface area contributed by atoms with Crippen molar-refractivity contribution < 1.29 is 9.53 Å². The third-order valence-electron chi connectivity index (χ3n) is 6.48. The highest BCUT2D eigenvalue weighted by Gasteiger charge is 2.63. The molecule has 166 valence electrons. The van der Waals surface area contributed by atoms with E-state index in [9.17, 15) is 4.79 Å². The van der Waals surface area contributed by atoms with E-state index < -0.39 is 5.54 Å². The molecule has 1 aliphatic carbocycles. The van der Waals surface area contributed by atoms with Crippen LogP contribution in [0.15, 0.2) is 24.3 Å². The summed E-state index contributed by atoms with van der Waals surface area (Å²) in [5, 5.41) is 3.97. The van der Waals surface area contributed by atoms with Gasteiger partial charge in [0.15, 0.2) is 0 Å². The van der Waals surface area contributed by atoms with E-state index in [1.54, 1.807) is 0 Å². The number of piperidine rings is 1. The first kappa shape index (κ1) is 26.5. The van der Waals surface area contributed by atoms with E-state index in [0.29, 0.717) is 13.0 Å². The Morgan fingerprint density at radius 3 is 2.34 bits per heavy atom. The number of amides is 1. The predicted molar refractivity (Wildman–Crippen MR) is 123 cm³/mol. The molecule has 3 N–H and O–H groups in total. The molecule has 1 amide bonds. The summed E-state index contributed by atoms with van der Waals surface area (Å²) >= 11 is 5.95. The van der Waals surface area contributed by atoms with Gasteiger partial charge in [-0.2, -0.15) is 0 Å². The van der Waals surface area contributed by atoms with Gasteiger partial charge < -0.3 is 15.8 Å². The summed E-state index contributed by atoms with van der Waals surface area (Å²) in [4.78, 5) is 15.3. The molecular formula is C21H34Cl3N3O2. The van der Waals surface area contributed by atoms with Gasteiger partial charge in [-0.25, -0.2) is 0 Å². The number of halogens is 3. The lowest BCUT2D eigenvalue weighted by Gasteiger charge is -2.57. The van der Waals surface area contributed by atoms with Gasteiger partial charge in [0, 0.05) is 49.1 Å². The van der Waals surface area contributed by atoms with Crippen LogP contribution in [0.1, 0.15) is 45.6 Å². The van der Waals surface area contributed by atoms with Gasteiger partial charge in [-0.3, -0.25) is 9.69 Å². The van der Waals surface area contributed by atoms with Gasteiger partial charge in [-0.1, -0.05) is 37.6 Å². The van der Waals surface area contributed by atoms with Crippen LogP contribution in [0.25, 0.3) is 0 Å². The highest BCUT2D eigenvalue weighted by molar-refractivity contribution is 6.30. The normalized spacial score (nSPS) is 26.6. The number of nitrogens with zero attached hydrogens (tertiary/aromatic N) is 1. The molecular weight excluding hydrogens is 433 g/mol. The van der Waals surface area contributed by atoms with Crippen LogP contribution in [0, 0.1) is 5.41 Å². The number of ether oxygens (including phenoxy) is 1. The van der Waals surface area contributed by atoms with E-state index in [1.807, 2.05) is 32.9 Å². The summed E-state index contributed by atoms with van der Waals surface area (Å²) in [5.41, 5.74) is 6.57. The summed E-state index contributed by atoms with van der Waals surface area (Å²) < 4.78 is 5.73. The molecule has 1 aromatic carbocycles. The Hall–Kier alpha value is -0.560. The predicted octanol–water partition coefficient (Wildman–Crippen LogP) is 3.80. The van der Waals surface area contributed by atoms with Crippen molar-refractivity contribution >= 4 is 42.3 Å². The van der Waals surface area contributed by atoms with E-state index >= 15 is 0 Å². The van der Waals surface area contributed by atoms with Crippen LogP contribution >= 0.6 is 36.4 Å². The van der Waals surface area contributed by atoms with Crippen molar-refractivity contribution in [2.75, 3.05) is 19.7 Å². The van der Waals surface area contributed by atoms with Crippen molar-refractivity contribution in [3.63, 3.8) is 0 Å². The molecule has 2 atom stereocenters. The van der Waals surface area contributed by atoms with Crippen LogP contribution in [-0.2, 0) is 16.1 Å². The molecule has 0 aromatic heterocycles. The van der Waals surface area contributed by atoms with E-state index in [-0.39, 0.29) is 48.3 Å². The summed E-state index contributed by atoms with van der Waals surface area (Å²) in [6.45, 7) is 9.55. The minimum atomic E-state index is -0.840. The smallest absolute Gasteiger partial charge is 0.241 e. The van der Waals surface area contributed by atoms with Gasteiger partial charge >= 0.3 is 0 Å². The fraction of sp³-hybridized carbons (Fsp3) is 0.667. The van der Waals surface area contributed by atoms with Crippen LogP contribution in [0.3, 0.4) is 0 Å². The molecule has 5 nitrogen and oxygen atoms in total. The molecule has 0 bridgehead atoms. The number of nitrogens with two attached hydrogens (primary N) is 1. The quantitative estimate of drug-likeness (QED) is 0.669. The second kappa shape index (κ2) is 10.7.